The molecule has 1 heterocycles. The predicted molar refractivity (Wildman–Crippen MR) is 54.9 cm³/mol. The number of carboxylic acid groups (broad SMARTS) is 1. The van der Waals surface area contributed by atoms with Crippen molar-refractivity contribution in [3.05, 3.63) is 36.2 Å². The number of aromatic carboxylic acids is 1. The molecule has 16 heavy (non-hydrogen) atoms. The Bertz CT molecular complexity index is 508. The molecule has 0 aliphatic carbocycles. The van der Waals surface area contributed by atoms with Gasteiger partial charge in [0, 0.05) is 6.07 Å². The molecular weight excluding hydrogens is 210 g/mol. The van der Waals surface area contributed by atoms with Crippen LogP contribution in [-0.4, -0.2) is 33.2 Å². The first-order chi connectivity index (χ1) is 7.72. The summed E-state index contributed by atoms with van der Waals surface area (Å²) in [6.07, 6.45) is 3.20. The van der Waals surface area contributed by atoms with Gasteiger partial charge >= 0.3 is 5.97 Å². The lowest BCUT2D eigenvalue weighted by Gasteiger charge is -2.07. The molecule has 1 aromatic carbocycles. The van der Waals surface area contributed by atoms with E-state index >= 15 is 0 Å². The SMILES string of the molecule is COc1cc(-n2ccnn2)ccc1C(=O)O. The number of nitrogens with zero attached hydrogens (tertiary/aromatic N) is 3. The van der Waals surface area contributed by atoms with Crippen molar-refractivity contribution in [3.63, 3.8) is 0 Å². The Morgan fingerprint density at radius 3 is 2.88 bits per heavy atom. The molecule has 82 valence electrons. The molecule has 1 N–H and O–H groups in total. The van der Waals surface area contributed by atoms with Crippen LogP contribution in [0.1, 0.15) is 10.4 Å². The number of benzene rings is 1. The highest BCUT2D eigenvalue weighted by molar-refractivity contribution is 5.91. The quantitative estimate of drug-likeness (QED) is 0.832. The number of rotatable bonds is 3. The number of methoxy groups -OCH3 is 1. The molecule has 0 aliphatic heterocycles. The van der Waals surface area contributed by atoms with E-state index in [1.54, 1.807) is 18.3 Å². The third kappa shape index (κ3) is 1.72. The maximum Gasteiger partial charge on any atom is 0.339 e. The zero-order valence-electron chi connectivity index (χ0n) is 8.49. The van der Waals surface area contributed by atoms with Gasteiger partial charge in [0.05, 0.1) is 25.2 Å². The summed E-state index contributed by atoms with van der Waals surface area (Å²) >= 11 is 0. The topological polar surface area (TPSA) is 77.2 Å². The van der Waals surface area contributed by atoms with E-state index in [0.717, 1.165) is 0 Å². The summed E-state index contributed by atoms with van der Waals surface area (Å²) in [7, 11) is 1.42. The fourth-order valence-corrected chi connectivity index (χ4v) is 1.35. The van der Waals surface area contributed by atoms with E-state index in [-0.39, 0.29) is 5.56 Å². The average Bonchev–Trinajstić information content (AvgIpc) is 2.81. The molecule has 0 saturated carbocycles. The van der Waals surface area contributed by atoms with Crippen LogP contribution in [0.15, 0.2) is 30.6 Å². The number of aromatic nitrogens is 3. The van der Waals surface area contributed by atoms with Crippen molar-refractivity contribution in [2.45, 2.75) is 0 Å². The van der Waals surface area contributed by atoms with Gasteiger partial charge in [0.2, 0.25) is 0 Å². The molecule has 2 rings (SSSR count). The summed E-state index contributed by atoms with van der Waals surface area (Å²) in [4.78, 5) is 10.9. The van der Waals surface area contributed by atoms with Crippen molar-refractivity contribution < 1.29 is 14.6 Å². The molecule has 0 unspecified atom stereocenters. The van der Waals surface area contributed by atoms with Crippen molar-refractivity contribution in [1.82, 2.24) is 15.0 Å². The highest BCUT2D eigenvalue weighted by Gasteiger charge is 2.11. The molecule has 6 nitrogen and oxygen atoms in total. The van der Waals surface area contributed by atoms with Crippen molar-refractivity contribution >= 4 is 5.97 Å². The van der Waals surface area contributed by atoms with Gasteiger partial charge in [-0.3, -0.25) is 0 Å². The Kier molecular flexibility index (Phi) is 2.55. The standard InChI is InChI=1S/C10H9N3O3/c1-16-9-6-7(13-5-4-11-12-13)2-3-8(9)10(14)15/h2-6H,1H3,(H,14,15). The van der Waals surface area contributed by atoms with Gasteiger partial charge in [0.15, 0.2) is 0 Å². The lowest BCUT2D eigenvalue weighted by atomic mass is 10.2. The first kappa shape index (κ1) is 10.2. The zero-order valence-corrected chi connectivity index (χ0v) is 8.49. The molecule has 0 spiro atoms. The third-order valence-corrected chi connectivity index (χ3v) is 2.10. The summed E-state index contributed by atoms with van der Waals surface area (Å²) in [6.45, 7) is 0. The van der Waals surface area contributed by atoms with Crippen LogP contribution in [-0.2, 0) is 0 Å². The molecule has 0 bridgehead atoms. The highest BCUT2D eigenvalue weighted by atomic mass is 16.5. The van der Waals surface area contributed by atoms with Gasteiger partial charge in [-0.1, -0.05) is 5.21 Å². The second-order valence-corrected chi connectivity index (χ2v) is 3.04. The van der Waals surface area contributed by atoms with Crippen LogP contribution < -0.4 is 4.74 Å². The number of carbonyl (C=O) groups is 1. The summed E-state index contributed by atoms with van der Waals surface area (Å²) in [5.41, 5.74) is 0.811. The third-order valence-electron chi connectivity index (χ3n) is 2.10. The van der Waals surface area contributed by atoms with Crippen molar-refractivity contribution in [1.29, 1.82) is 0 Å². The van der Waals surface area contributed by atoms with Gasteiger partial charge in [-0.05, 0) is 12.1 Å². The van der Waals surface area contributed by atoms with Crippen LogP contribution in [0.2, 0.25) is 0 Å². The molecule has 0 atom stereocenters. The molecular formula is C10H9N3O3. The fourth-order valence-electron chi connectivity index (χ4n) is 1.35. The zero-order chi connectivity index (χ0) is 11.5. The van der Waals surface area contributed by atoms with Crippen LogP contribution in [0.3, 0.4) is 0 Å². The highest BCUT2D eigenvalue weighted by Crippen LogP contribution is 2.21. The van der Waals surface area contributed by atoms with E-state index in [9.17, 15) is 4.79 Å². The van der Waals surface area contributed by atoms with E-state index in [0.29, 0.717) is 11.4 Å². The van der Waals surface area contributed by atoms with Crippen LogP contribution in [0.4, 0.5) is 0 Å². The average molecular weight is 219 g/mol. The molecule has 0 fully saturated rings. The molecule has 2 aromatic rings. The lowest BCUT2D eigenvalue weighted by Crippen LogP contribution is -2.02. The van der Waals surface area contributed by atoms with Crippen LogP contribution in [0.25, 0.3) is 5.69 Å². The summed E-state index contributed by atoms with van der Waals surface area (Å²) in [5.74, 6) is -0.734. The molecule has 0 saturated heterocycles. The monoisotopic (exact) mass is 219 g/mol. The number of carboxylic acids is 1. The van der Waals surface area contributed by atoms with Gasteiger partial charge in [0.25, 0.3) is 0 Å². The number of hydrogen-bond acceptors (Lipinski definition) is 4. The van der Waals surface area contributed by atoms with Crippen LogP contribution >= 0.6 is 0 Å². The summed E-state index contributed by atoms with van der Waals surface area (Å²) in [5, 5.41) is 16.4. The first-order valence-electron chi connectivity index (χ1n) is 4.50. The Labute approximate surface area is 91.1 Å². The van der Waals surface area contributed by atoms with Crippen LogP contribution in [0.5, 0.6) is 5.75 Å². The minimum absolute atomic E-state index is 0.117. The van der Waals surface area contributed by atoms with E-state index in [1.165, 1.54) is 24.1 Å². The molecule has 0 radical (unpaired) electrons. The van der Waals surface area contributed by atoms with Crippen molar-refractivity contribution in [3.8, 4) is 11.4 Å². The maximum atomic E-state index is 10.9. The summed E-state index contributed by atoms with van der Waals surface area (Å²) in [6, 6.07) is 4.71. The van der Waals surface area contributed by atoms with Crippen molar-refractivity contribution in [2.75, 3.05) is 7.11 Å². The first-order valence-corrected chi connectivity index (χ1v) is 4.50. The number of hydrogen-bond donors (Lipinski definition) is 1. The van der Waals surface area contributed by atoms with E-state index in [1.807, 2.05) is 0 Å². The largest absolute Gasteiger partial charge is 0.496 e. The molecule has 0 aliphatic rings. The van der Waals surface area contributed by atoms with Crippen LogP contribution in [0, 0.1) is 0 Å². The second kappa shape index (κ2) is 4.01. The predicted octanol–water partition coefficient (Wildman–Crippen LogP) is 0.974. The minimum Gasteiger partial charge on any atom is -0.496 e. The van der Waals surface area contributed by atoms with E-state index < -0.39 is 5.97 Å². The van der Waals surface area contributed by atoms with Crippen molar-refractivity contribution in [2.24, 2.45) is 0 Å². The normalized spacial score (nSPS) is 10.1. The smallest absolute Gasteiger partial charge is 0.339 e. The van der Waals surface area contributed by atoms with Gasteiger partial charge in [-0.2, -0.15) is 0 Å². The van der Waals surface area contributed by atoms with Gasteiger partial charge in [0.1, 0.15) is 11.3 Å². The second-order valence-electron chi connectivity index (χ2n) is 3.04. The lowest BCUT2D eigenvalue weighted by molar-refractivity contribution is 0.0693. The fraction of sp³-hybridized carbons (Fsp3) is 0.100. The Morgan fingerprint density at radius 2 is 2.31 bits per heavy atom. The minimum atomic E-state index is -1.03. The Hall–Kier alpha value is -2.37. The molecule has 6 heteroatoms. The van der Waals surface area contributed by atoms with Gasteiger partial charge in [-0.25, -0.2) is 9.48 Å². The summed E-state index contributed by atoms with van der Waals surface area (Å²) < 4.78 is 6.52. The van der Waals surface area contributed by atoms with Gasteiger partial charge in [-0.15, -0.1) is 5.10 Å². The number of ether oxygens (including phenoxy) is 1. The van der Waals surface area contributed by atoms with E-state index in [4.69, 9.17) is 9.84 Å². The Morgan fingerprint density at radius 1 is 1.50 bits per heavy atom. The van der Waals surface area contributed by atoms with Gasteiger partial charge < -0.3 is 9.84 Å². The molecule has 0 amide bonds. The Balaban J connectivity index is 2.49. The molecule has 1 aromatic heterocycles. The van der Waals surface area contributed by atoms with E-state index in [2.05, 4.69) is 10.3 Å². The maximum absolute atomic E-state index is 10.9.